The third-order valence-corrected chi connectivity index (χ3v) is 5.53. The Kier molecular flexibility index (Phi) is 5.73. The minimum Gasteiger partial charge on any atom is -0.381 e. The van der Waals surface area contributed by atoms with E-state index in [4.69, 9.17) is 4.74 Å². The quantitative estimate of drug-likeness (QED) is 0.660. The lowest BCUT2D eigenvalue weighted by Crippen LogP contribution is -2.32. The van der Waals surface area contributed by atoms with E-state index in [1.165, 1.54) is 17.4 Å². The molecule has 2 N–H and O–H groups in total. The zero-order valence-electron chi connectivity index (χ0n) is 15.2. The number of ether oxygens (including phenoxy) is 1. The Morgan fingerprint density at radius 3 is 2.96 bits per heavy atom. The zero-order chi connectivity index (χ0) is 19.3. The molecule has 0 saturated carbocycles. The van der Waals surface area contributed by atoms with Crippen molar-refractivity contribution >= 4 is 33.4 Å². The Morgan fingerprint density at radius 2 is 2.14 bits per heavy atom. The van der Waals surface area contributed by atoms with Gasteiger partial charge in [0.1, 0.15) is 5.82 Å². The van der Waals surface area contributed by atoms with Crippen LogP contribution < -0.4 is 10.6 Å². The highest BCUT2D eigenvalue weighted by atomic mass is 32.1. The summed E-state index contributed by atoms with van der Waals surface area (Å²) in [7, 11) is 0. The number of aromatic nitrogens is 3. The maximum atomic E-state index is 13.3. The van der Waals surface area contributed by atoms with Crippen molar-refractivity contribution < 1.29 is 13.9 Å². The Hall–Kier alpha value is -2.65. The van der Waals surface area contributed by atoms with Gasteiger partial charge in [-0.1, -0.05) is 0 Å². The predicted octanol–water partition coefficient (Wildman–Crippen LogP) is 2.99. The van der Waals surface area contributed by atoms with E-state index in [9.17, 15) is 9.18 Å². The highest BCUT2D eigenvalue weighted by Gasteiger charge is 2.19. The molecule has 1 fully saturated rings. The molecule has 28 heavy (non-hydrogen) atoms. The number of anilines is 1. The fraction of sp³-hybridized carbons (Fsp3) is 0.368. The summed E-state index contributed by atoms with van der Waals surface area (Å²) in [6, 6.07) is 3.25. The maximum Gasteiger partial charge on any atom is 0.271 e. The predicted molar refractivity (Wildman–Crippen MR) is 105 cm³/mol. The molecule has 1 aliphatic heterocycles. The van der Waals surface area contributed by atoms with Gasteiger partial charge in [-0.25, -0.2) is 14.4 Å². The molecule has 4 rings (SSSR count). The fourth-order valence-electron chi connectivity index (χ4n) is 3.10. The van der Waals surface area contributed by atoms with Crippen molar-refractivity contribution in [3.8, 4) is 0 Å². The molecule has 7 nitrogen and oxygen atoms in total. The molecule has 0 bridgehead atoms. The molecule has 1 aliphatic rings. The van der Waals surface area contributed by atoms with Crippen molar-refractivity contribution in [3.63, 3.8) is 0 Å². The summed E-state index contributed by atoms with van der Waals surface area (Å²) in [6.07, 6.45) is 4.62. The van der Waals surface area contributed by atoms with Crippen LogP contribution in [0.15, 0.2) is 29.9 Å². The molecular weight excluding hydrogens is 381 g/mol. The van der Waals surface area contributed by atoms with Crippen LogP contribution in [0.1, 0.15) is 28.9 Å². The van der Waals surface area contributed by atoms with Crippen LogP contribution in [-0.2, 0) is 11.3 Å². The molecule has 0 atom stereocenters. The Labute approximate surface area is 165 Å². The summed E-state index contributed by atoms with van der Waals surface area (Å²) in [4.78, 5) is 25.4. The van der Waals surface area contributed by atoms with E-state index in [0.717, 1.165) is 37.0 Å². The zero-order valence-corrected chi connectivity index (χ0v) is 16.0. The second kappa shape index (κ2) is 8.57. The number of halogens is 1. The second-order valence-electron chi connectivity index (χ2n) is 6.66. The fourth-order valence-corrected chi connectivity index (χ4v) is 3.92. The molecule has 4 heterocycles. The van der Waals surface area contributed by atoms with Crippen molar-refractivity contribution in [2.24, 2.45) is 5.92 Å². The lowest BCUT2D eigenvalue weighted by atomic mass is 10.0. The van der Waals surface area contributed by atoms with Gasteiger partial charge in [0, 0.05) is 32.5 Å². The van der Waals surface area contributed by atoms with E-state index >= 15 is 0 Å². The van der Waals surface area contributed by atoms with Crippen LogP contribution in [0.3, 0.4) is 0 Å². The minimum absolute atomic E-state index is 0.211. The van der Waals surface area contributed by atoms with Gasteiger partial charge in [-0.3, -0.25) is 9.78 Å². The Balaban J connectivity index is 1.48. The van der Waals surface area contributed by atoms with Crippen molar-refractivity contribution in [1.82, 2.24) is 20.3 Å². The number of carbonyl (C=O) groups is 1. The van der Waals surface area contributed by atoms with Crippen LogP contribution in [-0.4, -0.2) is 40.6 Å². The molecular formula is C19H20FN5O2S. The number of nitrogens with one attached hydrogen (secondary N) is 2. The second-order valence-corrected chi connectivity index (χ2v) is 7.58. The van der Waals surface area contributed by atoms with Gasteiger partial charge in [-0.15, -0.1) is 11.3 Å². The minimum atomic E-state index is -0.401. The van der Waals surface area contributed by atoms with Crippen LogP contribution in [0.25, 0.3) is 10.2 Å². The summed E-state index contributed by atoms with van der Waals surface area (Å²) >= 11 is 1.44. The van der Waals surface area contributed by atoms with Gasteiger partial charge in [0.15, 0.2) is 5.69 Å². The monoisotopic (exact) mass is 401 g/mol. The molecule has 1 saturated heterocycles. The molecule has 3 aromatic heterocycles. The number of thiophene rings is 1. The first-order valence-corrected chi connectivity index (χ1v) is 10.0. The number of carbonyl (C=O) groups excluding carboxylic acids is 1. The van der Waals surface area contributed by atoms with Crippen molar-refractivity contribution in [2.45, 2.75) is 19.4 Å². The number of rotatable bonds is 6. The summed E-state index contributed by atoms with van der Waals surface area (Å²) in [5.41, 5.74) is 1.72. The van der Waals surface area contributed by atoms with Gasteiger partial charge in [-0.2, -0.15) is 0 Å². The Morgan fingerprint density at radius 1 is 1.29 bits per heavy atom. The standard InChI is InChI=1S/C19H20FN5O2S/c20-14-7-13(8-21-11-14)10-23-19-24-15-3-6-28-17(15)16(25-19)18(26)22-9-12-1-4-27-5-2-12/h3,6-8,11-12H,1-2,4-5,9-10H2,(H,22,26)(H,23,24,25). The largest absolute Gasteiger partial charge is 0.381 e. The smallest absolute Gasteiger partial charge is 0.271 e. The van der Waals surface area contributed by atoms with Gasteiger partial charge in [0.25, 0.3) is 5.91 Å². The summed E-state index contributed by atoms with van der Waals surface area (Å²) < 4.78 is 19.4. The van der Waals surface area contributed by atoms with Crippen LogP contribution in [0, 0.1) is 11.7 Å². The summed E-state index contributed by atoms with van der Waals surface area (Å²) in [5, 5.41) is 7.93. The molecule has 0 aliphatic carbocycles. The van der Waals surface area contributed by atoms with Gasteiger partial charge < -0.3 is 15.4 Å². The molecule has 3 aromatic rings. The molecule has 146 valence electrons. The van der Waals surface area contributed by atoms with Crippen LogP contribution >= 0.6 is 11.3 Å². The van der Waals surface area contributed by atoms with E-state index in [2.05, 4.69) is 25.6 Å². The summed E-state index contributed by atoms with van der Waals surface area (Å²) in [5.74, 6) is 0.140. The van der Waals surface area contributed by atoms with Crippen LogP contribution in [0.2, 0.25) is 0 Å². The van der Waals surface area contributed by atoms with Crippen molar-refractivity contribution in [1.29, 1.82) is 0 Å². The highest BCUT2D eigenvalue weighted by molar-refractivity contribution is 7.17. The van der Waals surface area contributed by atoms with Crippen LogP contribution in [0.5, 0.6) is 0 Å². The summed E-state index contributed by atoms with van der Waals surface area (Å²) in [6.45, 7) is 2.40. The number of pyridine rings is 1. The average molecular weight is 401 g/mol. The first-order chi connectivity index (χ1) is 13.7. The molecule has 0 radical (unpaired) electrons. The number of hydrogen-bond acceptors (Lipinski definition) is 7. The van der Waals surface area contributed by atoms with Crippen molar-refractivity contribution in [2.75, 3.05) is 25.1 Å². The maximum absolute atomic E-state index is 13.3. The van der Waals surface area contributed by atoms with E-state index in [1.807, 2.05) is 11.4 Å². The number of hydrogen-bond donors (Lipinski definition) is 2. The van der Waals surface area contributed by atoms with E-state index in [1.54, 1.807) is 6.20 Å². The van der Waals surface area contributed by atoms with Crippen molar-refractivity contribution in [3.05, 3.63) is 47.0 Å². The third kappa shape index (κ3) is 4.42. The molecule has 1 amide bonds. The first-order valence-electron chi connectivity index (χ1n) is 9.13. The first kappa shape index (κ1) is 18.7. The van der Waals surface area contributed by atoms with E-state index in [-0.39, 0.29) is 5.91 Å². The van der Waals surface area contributed by atoms with Gasteiger partial charge in [0.05, 0.1) is 16.4 Å². The SMILES string of the molecule is O=C(NCC1CCOCC1)c1nc(NCc2cncc(F)c2)nc2ccsc12. The number of nitrogens with zero attached hydrogens (tertiary/aromatic N) is 3. The molecule has 0 aromatic carbocycles. The number of fused-ring (bicyclic) bond motifs is 1. The third-order valence-electron chi connectivity index (χ3n) is 4.62. The van der Waals surface area contributed by atoms with Gasteiger partial charge in [-0.05, 0) is 41.8 Å². The number of amides is 1. The highest BCUT2D eigenvalue weighted by Crippen LogP contribution is 2.24. The lowest BCUT2D eigenvalue weighted by Gasteiger charge is -2.22. The van der Waals surface area contributed by atoms with E-state index in [0.29, 0.717) is 41.7 Å². The average Bonchev–Trinajstić information content (AvgIpc) is 3.19. The molecule has 9 heteroatoms. The lowest BCUT2D eigenvalue weighted by molar-refractivity contribution is 0.0642. The van der Waals surface area contributed by atoms with Crippen LogP contribution in [0.4, 0.5) is 10.3 Å². The Bertz CT molecular complexity index is 974. The normalized spacial score (nSPS) is 14.9. The van der Waals surface area contributed by atoms with E-state index < -0.39 is 5.82 Å². The molecule has 0 unspecified atom stereocenters. The molecule has 0 spiro atoms. The topological polar surface area (TPSA) is 89.0 Å². The van der Waals surface area contributed by atoms with Gasteiger partial charge in [0.2, 0.25) is 5.95 Å². The van der Waals surface area contributed by atoms with Gasteiger partial charge >= 0.3 is 0 Å².